The van der Waals surface area contributed by atoms with Crippen molar-refractivity contribution in [3.05, 3.63) is 58.1 Å². The number of guanidine groups is 1. The molecule has 0 bridgehead atoms. The molecule has 0 atom stereocenters. The molecule has 0 amide bonds. The first kappa shape index (κ1) is 19.1. The molecule has 1 aliphatic heterocycles. The normalized spacial score (nSPS) is 14.7. The first-order valence-electron chi connectivity index (χ1n) is 10.1. The van der Waals surface area contributed by atoms with Crippen molar-refractivity contribution in [1.82, 2.24) is 4.98 Å². The van der Waals surface area contributed by atoms with E-state index >= 15 is 0 Å². The maximum Gasteiger partial charge on any atom is 0.185 e. The molecule has 6 nitrogen and oxygen atoms in total. The van der Waals surface area contributed by atoms with Gasteiger partial charge in [-0.1, -0.05) is 48.6 Å². The van der Waals surface area contributed by atoms with Crippen LogP contribution in [0.2, 0.25) is 0 Å². The van der Waals surface area contributed by atoms with Gasteiger partial charge in [0.05, 0.1) is 11.9 Å². The van der Waals surface area contributed by atoms with E-state index in [2.05, 4.69) is 76.5 Å². The number of hydrogen-bond acceptors (Lipinski definition) is 4. The molecule has 29 heavy (non-hydrogen) atoms. The Morgan fingerprint density at radius 1 is 1.21 bits per heavy atom. The van der Waals surface area contributed by atoms with Gasteiger partial charge in [-0.15, -0.1) is 0 Å². The molecule has 1 aliphatic carbocycles. The van der Waals surface area contributed by atoms with Crippen molar-refractivity contribution in [2.45, 2.75) is 19.4 Å². The van der Waals surface area contributed by atoms with Crippen molar-refractivity contribution in [3.8, 4) is 0 Å². The minimum absolute atomic E-state index is 0.130. The molecule has 2 aliphatic rings. The van der Waals surface area contributed by atoms with E-state index in [1.807, 2.05) is 0 Å². The lowest BCUT2D eigenvalue weighted by atomic mass is 10.1. The van der Waals surface area contributed by atoms with E-state index in [0.717, 1.165) is 43.6 Å². The number of benzene rings is 1. The second-order valence-corrected chi connectivity index (χ2v) is 7.49. The molecule has 1 aromatic carbocycles. The van der Waals surface area contributed by atoms with E-state index in [-0.39, 0.29) is 5.96 Å². The zero-order valence-electron chi connectivity index (χ0n) is 16.9. The Labute approximate surface area is 171 Å². The van der Waals surface area contributed by atoms with Crippen molar-refractivity contribution in [3.63, 3.8) is 0 Å². The summed E-state index contributed by atoms with van der Waals surface area (Å²) in [6, 6.07) is 10.7. The fourth-order valence-corrected chi connectivity index (χ4v) is 3.88. The Bertz CT molecular complexity index is 1070. The van der Waals surface area contributed by atoms with Crippen molar-refractivity contribution < 1.29 is 0 Å². The molecular weight excluding hydrogens is 360 g/mol. The molecule has 0 fully saturated rings. The standard InChI is InChI=1S/C23H28N6/c1-28(14-12-26-23(24)25)21-15-22(27-20-11-5-4-10-19(20)21)29-13-6-9-17-7-2-3-8-18(17)16-29/h2-3,6-11,15H,4-5,12-14,16H2,1H3,(H4,24,25,26). The minimum Gasteiger partial charge on any atom is -0.372 e. The molecule has 2 aromatic rings. The van der Waals surface area contributed by atoms with Gasteiger partial charge in [0.15, 0.2) is 5.96 Å². The summed E-state index contributed by atoms with van der Waals surface area (Å²) in [5.74, 6) is 1.13. The monoisotopic (exact) mass is 388 g/mol. The zero-order valence-corrected chi connectivity index (χ0v) is 16.9. The number of pyridine rings is 1. The highest BCUT2D eigenvalue weighted by Gasteiger charge is 2.16. The van der Waals surface area contributed by atoms with Gasteiger partial charge < -0.3 is 21.3 Å². The SMILES string of the molecule is CN(CCN=C(N)N)c1cc(N2CC=Cc3ccccc3C2)nc2c1=CCCC=2. The van der Waals surface area contributed by atoms with Gasteiger partial charge in [-0.2, -0.15) is 0 Å². The van der Waals surface area contributed by atoms with Gasteiger partial charge >= 0.3 is 0 Å². The van der Waals surface area contributed by atoms with Crippen molar-refractivity contribution >= 4 is 35.7 Å². The molecule has 0 radical (unpaired) electrons. The van der Waals surface area contributed by atoms with Crippen LogP contribution in [-0.4, -0.2) is 37.6 Å². The molecule has 0 unspecified atom stereocenters. The average molecular weight is 389 g/mol. The smallest absolute Gasteiger partial charge is 0.185 e. The highest BCUT2D eigenvalue weighted by atomic mass is 15.2. The zero-order chi connectivity index (χ0) is 20.2. The molecular formula is C23H28N6. The molecule has 0 saturated heterocycles. The lowest BCUT2D eigenvalue weighted by Crippen LogP contribution is -2.39. The molecule has 4 N–H and O–H groups in total. The third-order valence-corrected chi connectivity index (χ3v) is 5.41. The third-order valence-electron chi connectivity index (χ3n) is 5.41. The van der Waals surface area contributed by atoms with Crippen LogP contribution in [0.25, 0.3) is 18.2 Å². The second-order valence-electron chi connectivity index (χ2n) is 7.49. The Morgan fingerprint density at radius 3 is 2.90 bits per heavy atom. The van der Waals surface area contributed by atoms with Gasteiger partial charge in [-0.25, -0.2) is 4.98 Å². The number of fused-ring (bicyclic) bond motifs is 2. The summed E-state index contributed by atoms with van der Waals surface area (Å²) in [5.41, 5.74) is 14.7. The van der Waals surface area contributed by atoms with Gasteiger partial charge in [0.2, 0.25) is 0 Å². The minimum atomic E-state index is 0.130. The van der Waals surface area contributed by atoms with Crippen LogP contribution in [0.4, 0.5) is 11.5 Å². The maximum atomic E-state index is 5.48. The summed E-state index contributed by atoms with van der Waals surface area (Å²) in [5, 5.41) is 2.27. The van der Waals surface area contributed by atoms with E-state index in [9.17, 15) is 0 Å². The summed E-state index contributed by atoms with van der Waals surface area (Å²) < 4.78 is 0. The van der Waals surface area contributed by atoms with Crippen LogP contribution in [-0.2, 0) is 6.54 Å². The number of nitrogens with zero attached hydrogens (tertiary/aromatic N) is 4. The summed E-state index contributed by atoms with van der Waals surface area (Å²) in [6.07, 6.45) is 11.0. The third kappa shape index (κ3) is 4.26. The number of hydrogen-bond donors (Lipinski definition) is 2. The molecule has 4 rings (SSSR count). The highest BCUT2D eigenvalue weighted by Crippen LogP contribution is 2.22. The van der Waals surface area contributed by atoms with Crippen LogP contribution in [0, 0.1) is 0 Å². The van der Waals surface area contributed by atoms with Gasteiger partial charge in [0.1, 0.15) is 5.82 Å². The summed E-state index contributed by atoms with van der Waals surface area (Å²) >= 11 is 0. The van der Waals surface area contributed by atoms with E-state index in [0.29, 0.717) is 6.54 Å². The van der Waals surface area contributed by atoms with Crippen molar-refractivity contribution in [2.75, 3.05) is 36.5 Å². The summed E-state index contributed by atoms with van der Waals surface area (Å²) in [6.45, 7) is 2.98. The van der Waals surface area contributed by atoms with Crippen LogP contribution >= 0.6 is 0 Å². The number of rotatable bonds is 5. The number of aromatic nitrogens is 1. The Kier molecular flexibility index (Phi) is 5.51. The summed E-state index contributed by atoms with van der Waals surface area (Å²) in [7, 11) is 2.09. The molecule has 150 valence electrons. The molecule has 0 spiro atoms. The van der Waals surface area contributed by atoms with Crippen LogP contribution in [0.15, 0.2) is 41.4 Å². The molecule has 0 saturated carbocycles. The first-order valence-corrected chi connectivity index (χ1v) is 10.1. The van der Waals surface area contributed by atoms with Gasteiger partial charge in [0, 0.05) is 43.7 Å². The van der Waals surface area contributed by atoms with Crippen LogP contribution in [0.1, 0.15) is 24.0 Å². The molecule has 2 heterocycles. The largest absolute Gasteiger partial charge is 0.372 e. The lowest BCUT2D eigenvalue weighted by molar-refractivity contribution is 0.836. The van der Waals surface area contributed by atoms with E-state index in [1.54, 1.807) is 0 Å². The first-order chi connectivity index (χ1) is 14.1. The Balaban J connectivity index is 1.70. The fraction of sp³-hybridized carbons (Fsp3) is 0.304. The quantitative estimate of drug-likeness (QED) is 0.594. The Morgan fingerprint density at radius 2 is 2.03 bits per heavy atom. The number of likely N-dealkylation sites (N-methyl/N-ethyl adjacent to an activating group) is 1. The highest BCUT2D eigenvalue weighted by molar-refractivity contribution is 5.75. The van der Waals surface area contributed by atoms with Crippen molar-refractivity contribution in [1.29, 1.82) is 0 Å². The van der Waals surface area contributed by atoms with Gasteiger partial charge in [-0.3, -0.25) is 4.99 Å². The fourth-order valence-electron chi connectivity index (χ4n) is 3.88. The number of nitrogens with two attached hydrogens (primary N) is 2. The van der Waals surface area contributed by atoms with Crippen LogP contribution < -0.4 is 31.8 Å². The van der Waals surface area contributed by atoms with Crippen LogP contribution in [0.3, 0.4) is 0 Å². The molecule has 6 heteroatoms. The van der Waals surface area contributed by atoms with Gasteiger partial charge in [0.25, 0.3) is 0 Å². The average Bonchev–Trinajstić information content (AvgIpc) is 2.95. The molecule has 1 aromatic heterocycles. The topological polar surface area (TPSA) is 83.8 Å². The predicted octanol–water partition coefficient (Wildman–Crippen LogP) is 1.18. The lowest BCUT2D eigenvalue weighted by Gasteiger charge is -2.26. The predicted molar refractivity (Wildman–Crippen MR) is 122 cm³/mol. The van der Waals surface area contributed by atoms with Crippen LogP contribution in [0.5, 0.6) is 0 Å². The van der Waals surface area contributed by atoms with Crippen molar-refractivity contribution in [2.24, 2.45) is 16.5 Å². The summed E-state index contributed by atoms with van der Waals surface area (Å²) in [4.78, 5) is 13.7. The van der Waals surface area contributed by atoms with E-state index < -0.39 is 0 Å². The Hall–Kier alpha value is -3.28. The second kappa shape index (κ2) is 8.39. The van der Waals surface area contributed by atoms with Gasteiger partial charge in [-0.05, 0) is 24.0 Å². The maximum absolute atomic E-state index is 5.48. The number of aliphatic imine (C=N–C) groups is 1. The van der Waals surface area contributed by atoms with E-state index in [4.69, 9.17) is 16.5 Å². The number of anilines is 2. The van der Waals surface area contributed by atoms with E-state index in [1.165, 1.54) is 22.0 Å².